The summed E-state index contributed by atoms with van der Waals surface area (Å²) in [5.41, 5.74) is -1.01. The van der Waals surface area contributed by atoms with Gasteiger partial charge in [-0.1, -0.05) is 0 Å². The lowest BCUT2D eigenvalue weighted by Gasteiger charge is -2.23. The van der Waals surface area contributed by atoms with E-state index in [1.54, 1.807) is 0 Å². The summed E-state index contributed by atoms with van der Waals surface area (Å²) in [5.74, 6) is -4.07. The summed E-state index contributed by atoms with van der Waals surface area (Å²) in [7, 11) is 0. The molecule has 18 heavy (non-hydrogen) atoms. The summed E-state index contributed by atoms with van der Waals surface area (Å²) in [6, 6.07) is 1.18. The van der Waals surface area contributed by atoms with Crippen molar-refractivity contribution in [3.05, 3.63) is 26.6 Å². The van der Waals surface area contributed by atoms with E-state index in [1.807, 2.05) is 0 Å². The summed E-state index contributed by atoms with van der Waals surface area (Å²) in [6.45, 7) is 0. The minimum Gasteiger partial charge on any atom is -0.506 e. The maximum Gasteiger partial charge on any atom is 0.404 e. The van der Waals surface area contributed by atoms with E-state index in [0.29, 0.717) is 12.1 Å². The van der Waals surface area contributed by atoms with E-state index in [0.717, 1.165) is 0 Å². The Labute approximate surface area is 114 Å². The normalized spacial score (nSPS) is 13.2. The third-order valence-corrected chi connectivity index (χ3v) is 3.24. The van der Waals surface area contributed by atoms with Crippen molar-refractivity contribution in [2.24, 2.45) is 0 Å². The largest absolute Gasteiger partial charge is 0.506 e. The molecule has 0 saturated heterocycles. The molecule has 9 heteroatoms. The Morgan fingerprint density at radius 3 is 1.50 bits per heavy atom. The quantitative estimate of drug-likeness (QED) is 0.647. The fourth-order valence-corrected chi connectivity index (χ4v) is 2.54. The van der Waals surface area contributed by atoms with Crippen LogP contribution >= 0.6 is 31.9 Å². The average Bonchev–Trinajstić information content (AvgIpc) is 2.08. The molecule has 102 valence electrons. The fourth-order valence-electron chi connectivity index (χ4n) is 1.32. The molecular formula is C9H4Br2F6O. The molecular weight excluding hydrogens is 398 g/mol. The topological polar surface area (TPSA) is 20.2 Å². The van der Waals surface area contributed by atoms with Crippen molar-refractivity contribution in [2.75, 3.05) is 0 Å². The van der Waals surface area contributed by atoms with E-state index in [9.17, 15) is 31.4 Å². The van der Waals surface area contributed by atoms with Gasteiger partial charge in [0, 0.05) is 0 Å². The van der Waals surface area contributed by atoms with Gasteiger partial charge in [-0.3, -0.25) is 0 Å². The molecule has 1 aromatic rings. The van der Waals surface area contributed by atoms with Crippen LogP contribution < -0.4 is 0 Å². The van der Waals surface area contributed by atoms with Gasteiger partial charge in [-0.2, -0.15) is 26.3 Å². The first-order valence-corrected chi connectivity index (χ1v) is 5.84. The number of aromatic hydroxyl groups is 1. The minimum atomic E-state index is -5.46. The number of phenolic OH excluding ortho intramolecular Hbond substituents is 1. The van der Waals surface area contributed by atoms with Crippen LogP contribution in [0.15, 0.2) is 21.1 Å². The summed E-state index contributed by atoms with van der Waals surface area (Å²) in [5, 5.41) is 9.26. The predicted molar refractivity (Wildman–Crippen MR) is 58.4 cm³/mol. The lowest BCUT2D eigenvalue weighted by molar-refractivity contribution is -0.253. The number of rotatable bonds is 1. The first-order valence-electron chi connectivity index (χ1n) is 4.26. The zero-order valence-corrected chi connectivity index (χ0v) is 11.4. The maximum absolute atomic E-state index is 12.5. The van der Waals surface area contributed by atoms with E-state index in [4.69, 9.17) is 0 Å². The van der Waals surface area contributed by atoms with E-state index < -0.39 is 29.6 Å². The maximum atomic E-state index is 12.5. The lowest BCUT2D eigenvalue weighted by Crippen LogP contribution is -2.34. The zero-order chi connectivity index (χ0) is 14.3. The Kier molecular flexibility index (Phi) is 4.26. The van der Waals surface area contributed by atoms with Gasteiger partial charge in [-0.25, -0.2) is 0 Å². The van der Waals surface area contributed by atoms with Gasteiger partial charge < -0.3 is 5.11 Å². The van der Waals surface area contributed by atoms with Gasteiger partial charge in [0.05, 0.1) is 8.95 Å². The second-order valence-electron chi connectivity index (χ2n) is 3.35. The third kappa shape index (κ3) is 3.31. The average molecular weight is 402 g/mol. The van der Waals surface area contributed by atoms with Crippen molar-refractivity contribution in [1.82, 2.24) is 0 Å². The fraction of sp³-hybridized carbons (Fsp3) is 0.333. The summed E-state index contributed by atoms with van der Waals surface area (Å²) < 4.78 is 74.2. The molecule has 1 aromatic carbocycles. The van der Waals surface area contributed by atoms with Gasteiger partial charge in [-0.05, 0) is 49.6 Å². The second-order valence-corrected chi connectivity index (χ2v) is 5.06. The molecule has 0 saturated carbocycles. The van der Waals surface area contributed by atoms with Gasteiger partial charge in [0.2, 0.25) is 0 Å². The molecule has 1 nitrogen and oxygen atoms in total. The van der Waals surface area contributed by atoms with Crippen molar-refractivity contribution in [2.45, 2.75) is 18.3 Å². The highest BCUT2D eigenvalue weighted by Gasteiger charge is 2.57. The van der Waals surface area contributed by atoms with E-state index in [2.05, 4.69) is 31.9 Å². The highest BCUT2D eigenvalue weighted by Crippen LogP contribution is 2.48. The molecule has 0 fully saturated rings. The first kappa shape index (κ1) is 15.6. The van der Waals surface area contributed by atoms with Gasteiger partial charge in [0.1, 0.15) is 5.75 Å². The summed E-state index contributed by atoms with van der Waals surface area (Å²) in [4.78, 5) is 0. The van der Waals surface area contributed by atoms with Crippen molar-refractivity contribution < 1.29 is 31.4 Å². The molecule has 0 unspecified atom stereocenters. The second kappa shape index (κ2) is 4.92. The lowest BCUT2D eigenvalue weighted by atomic mass is 9.98. The Morgan fingerprint density at radius 1 is 0.889 bits per heavy atom. The molecule has 0 aromatic heterocycles. The van der Waals surface area contributed by atoms with Crippen molar-refractivity contribution >= 4 is 31.9 Å². The molecule has 0 aliphatic carbocycles. The standard InChI is InChI=1S/C9H4Br2F6O/c10-4-1-3(2-5(11)6(4)18)7(8(12,13)14)9(15,16)17/h1-2,7,18H. The predicted octanol–water partition coefficient (Wildman–Crippen LogP) is 5.13. The van der Waals surface area contributed by atoms with Gasteiger partial charge >= 0.3 is 12.4 Å². The SMILES string of the molecule is Oc1c(Br)cc(C(C(F)(F)F)C(F)(F)F)cc1Br. The van der Waals surface area contributed by atoms with Gasteiger partial charge in [0.25, 0.3) is 0 Å². The van der Waals surface area contributed by atoms with Crippen molar-refractivity contribution in [1.29, 1.82) is 0 Å². The summed E-state index contributed by atoms with van der Waals surface area (Å²) >= 11 is 5.37. The Morgan fingerprint density at radius 2 is 1.22 bits per heavy atom. The van der Waals surface area contributed by atoms with Crippen LogP contribution in [0.4, 0.5) is 26.3 Å². The Balaban J connectivity index is 3.41. The van der Waals surface area contributed by atoms with Crippen molar-refractivity contribution in [3.8, 4) is 5.75 Å². The molecule has 0 aliphatic rings. The van der Waals surface area contributed by atoms with Gasteiger partial charge in [0.15, 0.2) is 5.92 Å². The van der Waals surface area contributed by atoms with Crippen LogP contribution in [0.3, 0.4) is 0 Å². The zero-order valence-electron chi connectivity index (χ0n) is 8.20. The summed E-state index contributed by atoms with van der Waals surface area (Å²) in [6.07, 6.45) is -10.9. The monoisotopic (exact) mass is 400 g/mol. The highest BCUT2D eigenvalue weighted by molar-refractivity contribution is 9.11. The van der Waals surface area contributed by atoms with E-state index in [-0.39, 0.29) is 8.95 Å². The number of benzene rings is 1. The number of halogens is 8. The number of hydrogen-bond donors (Lipinski definition) is 1. The van der Waals surface area contributed by atoms with Crippen LogP contribution in [0.5, 0.6) is 5.75 Å². The first-order chi connectivity index (χ1) is 7.94. The Bertz CT molecular complexity index is 416. The van der Waals surface area contributed by atoms with Crippen LogP contribution in [-0.2, 0) is 0 Å². The van der Waals surface area contributed by atoms with Crippen LogP contribution in [0.2, 0.25) is 0 Å². The van der Waals surface area contributed by atoms with Gasteiger partial charge in [-0.15, -0.1) is 0 Å². The number of phenols is 1. The van der Waals surface area contributed by atoms with Crippen LogP contribution in [-0.4, -0.2) is 17.5 Å². The number of alkyl halides is 6. The molecule has 0 spiro atoms. The Hall–Kier alpha value is -0.440. The minimum absolute atomic E-state index is 0.259. The van der Waals surface area contributed by atoms with Crippen LogP contribution in [0, 0.1) is 0 Å². The third-order valence-electron chi connectivity index (χ3n) is 2.03. The van der Waals surface area contributed by atoms with E-state index in [1.165, 1.54) is 0 Å². The smallest absolute Gasteiger partial charge is 0.404 e. The van der Waals surface area contributed by atoms with Crippen molar-refractivity contribution in [3.63, 3.8) is 0 Å². The molecule has 1 N–H and O–H groups in total. The van der Waals surface area contributed by atoms with Crippen LogP contribution in [0.25, 0.3) is 0 Å². The molecule has 0 bridgehead atoms. The van der Waals surface area contributed by atoms with E-state index >= 15 is 0 Å². The molecule has 0 radical (unpaired) electrons. The highest BCUT2D eigenvalue weighted by atomic mass is 79.9. The number of hydrogen-bond acceptors (Lipinski definition) is 1. The van der Waals surface area contributed by atoms with Crippen LogP contribution in [0.1, 0.15) is 11.5 Å². The molecule has 1 rings (SSSR count). The molecule has 0 amide bonds. The molecule has 0 atom stereocenters. The molecule has 0 heterocycles. The molecule has 0 aliphatic heterocycles.